The van der Waals surface area contributed by atoms with Gasteiger partial charge in [-0.1, -0.05) is 13.3 Å². The molecule has 0 aromatic carbocycles. The van der Waals surface area contributed by atoms with Gasteiger partial charge in [0.1, 0.15) is 0 Å². The monoisotopic (exact) mass is 145 g/mol. The molecule has 0 aliphatic heterocycles. The molecule has 0 saturated heterocycles. The summed E-state index contributed by atoms with van der Waals surface area (Å²) in [5, 5.41) is 11.6. The summed E-state index contributed by atoms with van der Waals surface area (Å²) in [7, 11) is 0. The van der Waals surface area contributed by atoms with E-state index in [2.05, 4.69) is 5.32 Å². The molecule has 10 heavy (non-hydrogen) atoms. The Bertz CT molecular complexity index is 85.7. The zero-order chi connectivity index (χ0) is 7.82. The first-order chi connectivity index (χ1) is 4.81. The van der Waals surface area contributed by atoms with Crippen molar-refractivity contribution in [2.24, 2.45) is 0 Å². The Morgan fingerprint density at radius 2 is 2.30 bits per heavy atom. The van der Waals surface area contributed by atoms with Gasteiger partial charge in [-0.3, -0.25) is 4.79 Å². The van der Waals surface area contributed by atoms with Gasteiger partial charge in [0, 0.05) is 6.54 Å². The summed E-state index contributed by atoms with van der Waals surface area (Å²) in [6.45, 7) is 2.60. The second-order valence-electron chi connectivity index (χ2n) is 2.30. The van der Waals surface area contributed by atoms with E-state index in [1.165, 1.54) is 0 Å². The lowest BCUT2D eigenvalue weighted by atomic mass is 10.1. The molecule has 3 heteroatoms. The number of carbonyl (C=O) groups excluding carboxylic acids is 1. The van der Waals surface area contributed by atoms with Crippen LogP contribution in [-0.2, 0) is 4.79 Å². The molecular weight excluding hydrogens is 130 g/mol. The Hall–Kier alpha value is -0.570. The number of hydrogen-bond acceptors (Lipinski definition) is 2. The molecule has 1 unspecified atom stereocenters. The first-order valence-corrected chi connectivity index (χ1v) is 3.66. The molecule has 0 spiro atoms. The molecular formula is C7H15NO2. The molecule has 2 N–H and O–H groups in total. The van der Waals surface area contributed by atoms with E-state index in [1.807, 2.05) is 6.92 Å². The maximum atomic E-state index is 9.75. The Morgan fingerprint density at radius 1 is 1.60 bits per heavy atom. The zero-order valence-electron chi connectivity index (χ0n) is 6.34. The Kier molecular flexibility index (Phi) is 6.18. The third kappa shape index (κ3) is 5.56. The van der Waals surface area contributed by atoms with Gasteiger partial charge in [0.15, 0.2) is 0 Å². The molecule has 0 heterocycles. The van der Waals surface area contributed by atoms with Crippen LogP contribution in [0.5, 0.6) is 0 Å². The van der Waals surface area contributed by atoms with E-state index in [0.717, 1.165) is 12.8 Å². The van der Waals surface area contributed by atoms with E-state index in [1.54, 1.807) is 0 Å². The smallest absolute Gasteiger partial charge is 0.207 e. The zero-order valence-corrected chi connectivity index (χ0v) is 6.34. The van der Waals surface area contributed by atoms with Crippen LogP contribution in [0, 0.1) is 0 Å². The Labute approximate surface area is 61.4 Å². The van der Waals surface area contributed by atoms with E-state index < -0.39 is 0 Å². The Morgan fingerprint density at radius 3 is 2.80 bits per heavy atom. The van der Waals surface area contributed by atoms with E-state index in [-0.39, 0.29) is 6.10 Å². The average Bonchev–Trinajstić information content (AvgIpc) is 1.89. The normalized spacial score (nSPS) is 12.6. The number of aliphatic hydroxyl groups excluding tert-OH is 1. The third-order valence-corrected chi connectivity index (χ3v) is 1.33. The lowest BCUT2D eigenvalue weighted by Crippen LogP contribution is -2.18. The van der Waals surface area contributed by atoms with E-state index in [0.29, 0.717) is 19.4 Å². The molecule has 0 bridgehead atoms. The van der Waals surface area contributed by atoms with E-state index in [4.69, 9.17) is 5.11 Å². The quantitative estimate of drug-likeness (QED) is 0.416. The number of nitrogens with one attached hydrogen (secondary N) is 1. The van der Waals surface area contributed by atoms with Crippen molar-refractivity contribution >= 4 is 6.41 Å². The van der Waals surface area contributed by atoms with Gasteiger partial charge in [0.25, 0.3) is 0 Å². The number of rotatable bonds is 6. The summed E-state index contributed by atoms with van der Waals surface area (Å²) in [4.78, 5) is 9.75. The summed E-state index contributed by atoms with van der Waals surface area (Å²) in [6, 6.07) is 0. The molecule has 0 aromatic rings. The molecule has 0 rings (SSSR count). The summed E-state index contributed by atoms with van der Waals surface area (Å²) < 4.78 is 0. The van der Waals surface area contributed by atoms with Crippen molar-refractivity contribution in [3.63, 3.8) is 0 Å². The van der Waals surface area contributed by atoms with Crippen molar-refractivity contribution in [2.45, 2.75) is 32.3 Å². The van der Waals surface area contributed by atoms with Gasteiger partial charge in [0.05, 0.1) is 6.10 Å². The van der Waals surface area contributed by atoms with Crippen molar-refractivity contribution in [1.29, 1.82) is 0 Å². The molecule has 60 valence electrons. The summed E-state index contributed by atoms with van der Waals surface area (Å²) in [5.41, 5.74) is 0. The highest BCUT2D eigenvalue weighted by atomic mass is 16.3. The van der Waals surface area contributed by atoms with Crippen LogP contribution in [0.4, 0.5) is 0 Å². The first kappa shape index (κ1) is 9.43. The largest absolute Gasteiger partial charge is 0.393 e. The van der Waals surface area contributed by atoms with Crippen molar-refractivity contribution in [1.82, 2.24) is 5.32 Å². The van der Waals surface area contributed by atoms with Crippen molar-refractivity contribution in [3.05, 3.63) is 0 Å². The molecule has 0 aliphatic carbocycles. The fourth-order valence-electron chi connectivity index (χ4n) is 0.786. The maximum Gasteiger partial charge on any atom is 0.207 e. The van der Waals surface area contributed by atoms with E-state index >= 15 is 0 Å². The van der Waals surface area contributed by atoms with Gasteiger partial charge in [-0.25, -0.2) is 0 Å². The third-order valence-electron chi connectivity index (χ3n) is 1.33. The summed E-state index contributed by atoms with van der Waals surface area (Å²) >= 11 is 0. The highest BCUT2D eigenvalue weighted by Gasteiger charge is 1.99. The lowest BCUT2D eigenvalue weighted by molar-refractivity contribution is -0.109. The minimum absolute atomic E-state index is 0.252. The summed E-state index contributed by atoms with van der Waals surface area (Å²) in [6.07, 6.45) is 2.87. The van der Waals surface area contributed by atoms with Crippen molar-refractivity contribution < 1.29 is 9.90 Å². The van der Waals surface area contributed by atoms with Crippen LogP contribution in [0.3, 0.4) is 0 Å². The number of hydrogen-bond donors (Lipinski definition) is 2. The van der Waals surface area contributed by atoms with Gasteiger partial charge in [-0.2, -0.15) is 0 Å². The molecule has 0 aliphatic rings. The average molecular weight is 145 g/mol. The molecule has 0 fully saturated rings. The van der Waals surface area contributed by atoms with Crippen molar-refractivity contribution in [3.8, 4) is 0 Å². The number of amides is 1. The lowest BCUT2D eigenvalue weighted by Gasteiger charge is -2.06. The van der Waals surface area contributed by atoms with Crippen molar-refractivity contribution in [2.75, 3.05) is 6.54 Å². The van der Waals surface area contributed by atoms with Gasteiger partial charge in [-0.15, -0.1) is 0 Å². The van der Waals surface area contributed by atoms with Crippen LogP contribution in [0.1, 0.15) is 26.2 Å². The van der Waals surface area contributed by atoms with Crippen LogP contribution in [0.15, 0.2) is 0 Å². The van der Waals surface area contributed by atoms with E-state index in [9.17, 15) is 4.79 Å². The highest BCUT2D eigenvalue weighted by Crippen LogP contribution is 1.98. The molecule has 1 atom stereocenters. The minimum atomic E-state index is -0.252. The Balaban J connectivity index is 3.04. The van der Waals surface area contributed by atoms with Crippen LogP contribution >= 0.6 is 0 Å². The van der Waals surface area contributed by atoms with Crippen LogP contribution in [-0.4, -0.2) is 24.2 Å². The molecule has 1 amide bonds. The number of aliphatic hydroxyl groups is 1. The fraction of sp³-hybridized carbons (Fsp3) is 0.857. The second kappa shape index (κ2) is 6.55. The number of carbonyl (C=O) groups is 1. The molecule has 0 radical (unpaired) electrons. The van der Waals surface area contributed by atoms with Crippen LogP contribution in [0.2, 0.25) is 0 Å². The molecule has 0 saturated carbocycles. The molecule has 0 aromatic heterocycles. The fourth-order valence-corrected chi connectivity index (χ4v) is 0.786. The predicted molar refractivity (Wildman–Crippen MR) is 39.6 cm³/mol. The molecule has 3 nitrogen and oxygen atoms in total. The maximum absolute atomic E-state index is 9.75. The van der Waals surface area contributed by atoms with Gasteiger partial charge in [-0.05, 0) is 12.8 Å². The predicted octanol–water partition coefficient (Wildman–Crippen LogP) is 0.283. The topological polar surface area (TPSA) is 49.3 Å². The standard InChI is InChI=1S/C7H15NO2/c1-2-3-7(10)4-5-8-6-9/h6-7,10H,2-5H2,1H3,(H,8,9). The van der Waals surface area contributed by atoms with Gasteiger partial charge in [0.2, 0.25) is 6.41 Å². The second-order valence-corrected chi connectivity index (χ2v) is 2.30. The van der Waals surface area contributed by atoms with Gasteiger partial charge < -0.3 is 10.4 Å². The van der Waals surface area contributed by atoms with Crippen LogP contribution < -0.4 is 5.32 Å². The summed E-state index contributed by atoms with van der Waals surface area (Å²) in [5.74, 6) is 0. The minimum Gasteiger partial charge on any atom is -0.393 e. The SMILES string of the molecule is CCCC(O)CCNC=O. The highest BCUT2D eigenvalue weighted by molar-refractivity contribution is 5.45. The van der Waals surface area contributed by atoms with Gasteiger partial charge >= 0.3 is 0 Å². The first-order valence-electron chi connectivity index (χ1n) is 3.66. The van der Waals surface area contributed by atoms with Crippen LogP contribution in [0.25, 0.3) is 0 Å².